The van der Waals surface area contributed by atoms with Crippen LogP contribution in [-0.4, -0.2) is 78.3 Å². The molecule has 8 heteroatoms. The molecule has 5 aliphatic carbocycles. The minimum Gasteiger partial charge on any atom is -0.446 e. The SMILES string of the molecule is CCO[C@@H]([C@H]1C[C@@H](C)[C@H]2[C@H](O1)[C@H](O)[C@@]1(C)C3CC[C@H]4C(C)(C)C(OC(=O)NC5COC5)CCC45CC35CCC21C)C(C)(C)O. The van der Waals surface area contributed by atoms with Crippen LogP contribution in [0.15, 0.2) is 0 Å². The van der Waals surface area contributed by atoms with E-state index in [-0.39, 0.29) is 63.4 Å². The van der Waals surface area contributed by atoms with Crippen LogP contribution in [0, 0.1) is 50.7 Å². The number of carbonyl (C=O) groups excluding carboxylic acids is 1. The van der Waals surface area contributed by atoms with E-state index in [4.69, 9.17) is 18.9 Å². The van der Waals surface area contributed by atoms with Crippen molar-refractivity contribution in [2.75, 3.05) is 19.8 Å². The first-order valence-corrected chi connectivity index (χ1v) is 17.8. The van der Waals surface area contributed by atoms with Crippen molar-refractivity contribution in [3.8, 4) is 0 Å². The second-order valence-electron chi connectivity index (χ2n) is 17.9. The fourth-order valence-electron chi connectivity index (χ4n) is 13.3. The molecule has 7 aliphatic rings. The Morgan fingerprint density at radius 2 is 1.73 bits per heavy atom. The molecule has 0 aromatic carbocycles. The molecule has 250 valence electrons. The van der Waals surface area contributed by atoms with Gasteiger partial charge >= 0.3 is 6.09 Å². The zero-order valence-corrected chi connectivity index (χ0v) is 28.5. The lowest BCUT2D eigenvalue weighted by Crippen LogP contribution is -2.60. The molecule has 0 bridgehead atoms. The van der Waals surface area contributed by atoms with Crippen molar-refractivity contribution < 1.29 is 34.0 Å². The van der Waals surface area contributed by atoms with Gasteiger partial charge in [-0.05, 0) is 112 Å². The Hall–Kier alpha value is -0.930. The maximum atomic E-state index is 12.8. The molecule has 2 saturated heterocycles. The highest BCUT2D eigenvalue weighted by Crippen LogP contribution is 2.89. The summed E-state index contributed by atoms with van der Waals surface area (Å²) >= 11 is 0. The van der Waals surface area contributed by atoms with Gasteiger partial charge in [-0.1, -0.05) is 34.6 Å². The molecule has 0 radical (unpaired) electrons. The Morgan fingerprint density at radius 3 is 2.36 bits per heavy atom. The topological polar surface area (TPSA) is 106 Å². The van der Waals surface area contributed by atoms with Crippen LogP contribution in [0.4, 0.5) is 4.79 Å². The highest BCUT2D eigenvalue weighted by atomic mass is 16.6. The average molecular weight is 618 g/mol. The molecule has 7 rings (SSSR count). The number of nitrogens with one attached hydrogen (secondary N) is 1. The van der Waals surface area contributed by atoms with Crippen LogP contribution in [-0.2, 0) is 18.9 Å². The maximum absolute atomic E-state index is 12.8. The van der Waals surface area contributed by atoms with Crippen molar-refractivity contribution in [3.05, 3.63) is 0 Å². The van der Waals surface area contributed by atoms with Gasteiger partial charge in [0.25, 0.3) is 0 Å². The molecule has 13 atom stereocenters. The molecule has 7 fully saturated rings. The van der Waals surface area contributed by atoms with Crippen molar-refractivity contribution >= 4 is 6.09 Å². The Balaban J connectivity index is 1.14. The lowest BCUT2D eigenvalue weighted by molar-refractivity contribution is -0.215. The lowest BCUT2D eigenvalue weighted by Gasteiger charge is -2.63. The van der Waals surface area contributed by atoms with Crippen LogP contribution < -0.4 is 5.32 Å². The first kappa shape index (κ1) is 31.7. The van der Waals surface area contributed by atoms with Gasteiger partial charge in [0.2, 0.25) is 0 Å². The molecule has 2 spiro atoms. The van der Waals surface area contributed by atoms with Gasteiger partial charge in [0.1, 0.15) is 12.2 Å². The van der Waals surface area contributed by atoms with E-state index in [1.54, 1.807) is 0 Å². The Labute approximate surface area is 264 Å². The van der Waals surface area contributed by atoms with Crippen molar-refractivity contribution in [1.29, 1.82) is 0 Å². The fraction of sp³-hybridized carbons (Fsp3) is 0.972. The molecule has 5 saturated carbocycles. The van der Waals surface area contributed by atoms with Gasteiger partial charge in [-0.15, -0.1) is 0 Å². The maximum Gasteiger partial charge on any atom is 0.407 e. The smallest absolute Gasteiger partial charge is 0.407 e. The zero-order valence-electron chi connectivity index (χ0n) is 28.5. The van der Waals surface area contributed by atoms with Gasteiger partial charge in [-0.2, -0.15) is 0 Å². The summed E-state index contributed by atoms with van der Waals surface area (Å²) in [5, 5.41) is 26.5. The number of hydrogen-bond acceptors (Lipinski definition) is 7. The summed E-state index contributed by atoms with van der Waals surface area (Å²) in [6.45, 7) is 19.2. The Kier molecular flexibility index (Phi) is 7.22. The van der Waals surface area contributed by atoms with Crippen LogP contribution in [0.25, 0.3) is 0 Å². The normalized spacial score (nSPS) is 51.4. The highest BCUT2D eigenvalue weighted by molar-refractivity contribution is 5.68. The first-order chi connectivity index (χ1) is 20.6. The van der Waals surface area contributed by atoms with E-state index >= 15 is 0 Å². The van der Waals surface area contributed by atoms with Gasteiger partial charge in [0.15, 0.2) is 0 Å². The van der Waals surface area contributed by atoms with Crippen molar-refractivity contribution in [2.24, 2.45) is 50.7 Å². The molecule has 0 aromatic heterocycles. The lowest BCUT2D eigenvalue weighted by atomic mass is 9.41. The van der Waals surface area contributed by atoms with Gasteiger partial charge in [0, 0.05) is 17.4 Å². The molecule has 1 amide bonds. The number of alkyl carbamates (subject to hydrolysis) is 1. The van der Waals surface area contributed by atoms with Crippen LogP contribution in [0.5, 0.6) is 0 Å². The van der Waals surface area contributed by atoms with E-state index in [2.05, 4.69) is 39.9 Å². The van der Waals surface area contributed by atoms with Crippen LogP contribution in [0.2, 0.25) is 0 Å². The molecular formula is C36H59NO7. The van der Waals surface area contributed by atoms with Gasteiger partial charge in [-0.3, -0.25) is 0 Å². The molecule has 0 aromatic rings. The van der Waals surface area contributed by atoms with E-state index in [0.29, 0.717) is 37.6 Å². The average Bonchev–Trinajstić information content (AvgIpc) is 3.55. The predicted octanol–water partition coefficient (Wildman–Crippen LogP) is 5.47. The third-order valence-electron chi connectivity index (χ3n) is 15.4. The number of aliphatic hydroxyl groups excluding tert-OH is 1. The Bertz CT molecular complexity index is 1150. The second kappa shape index (κ2) is 10.0. The highest BCUT2D eigenvalue weighted by Gasteiger charge is 2.84. The second-order valence-corrected chi connectivity index (χ2v) is 17.9. The van der Waals surface area contributed by atoms with Crippen molar-refractivity contribution in [2.45, 2.75) is 149 Å². The van der Waals surface area contributed by atoms with Crippen LogP contribution >= 0.6 is 0 Å². The summed E-state index contributed by atoms with van der Waals surface area (Å²) in [6, 6.07) is 0.0728. The fourth-order valence-corrected chi connectivity index (χ4v) is 13.3. The summed E-state index contributed by atoms with van der Waals surface area (Å²) in [5.41, 5.74) is -0.858. The molecule has 3 N–H and O–H groups in total. The third kappa shape index (κ3) is 4.02. The minimum atomic E-state index is -1.03. The van der Waals surface area contributed by atoms with E-state index < -0.39 is 17.8 Å². The zero-order chi connectivity index (χ0) is 31.7. The minimum absolute atomic E-state index is 0.0109. The van der Waals surface area contributed by atoms with Crippen LogP contribution in [0.3, 0.4) is 0 Å². The monoisotopic (exact) mass is 617 g/mol. The van der Waals surface area contributed by atoms with E-state index in [9.17, 15) is 15.0 Å². The van der Waals surface area contributed by atoms with Crippen molar-refractivity contribution in [3.63, 3.8) is 0 Å². The van der Waals surface area contributed by atoms with E-state index in [0.717, 1.165) is 38.5 Å². The standard InChI is InChI=1S/C36H59NO7/c1-9-42-29(32(5,6)40)22-16-20(2)26-27(43-22)28(38)34(8)24-11-10-23-31(3,4)25(44-30(39)37-21-17-41-18-21)12-13-35(23)19-36(24,35)15-14-33(26,34)7/h20-29,38,40H,9-19H2,1-8H3,(H,37,39)/t20-,22-,23+,24?,25?,26+,27+,28+,29+,33?,34-,35?,36?/m1/s1. The summed E-state index contributed by atoms with van der Waals surface area (Å²) in [6.07, 6.45) is 6.84. The molecule has 5 unspecified atom stereocenters. The van der Waals surface area contributed by atoms with Gasteiger partial charge in [0.05, 0.1) is 43.2 Å². The van der Waals surface area contributed by atoms with E-state index in [1.807, 2.05) is 20.8 Å². The number of rotatable bonds is 6. The summed E-state index contributed by atoms with van der Waals surface area (Å²) in [7, 11) is 0. The summed E-state index contributed by atoms with van der Waals surface area (Å²) in [4.78, 5) is 12.8. The first-order valence-electron chi connectivity index (χ1n) is 17.8. The summed E-state index contributed by atoms with van der Waals surface area (Å²) in [5.74, 6) is 1.62. The molecular weight excluding hydrogens is 558 g/mol. The molecule has 8 nitrogen and oxygen atoms in total. The number of ether oxygens (including phenoxy) is 4. The molecule has 2 heterocycles. The molecule has 2 aliphatic heterocycles. The Morgan fingerprint density at radius 1 is 1.05 bits per heavy atom. The predicted molar refractivity (Wildman–Crippen MR) is 166 cm³/mol. The number of aliphatic hydroxyl groups is 2. The van der Waals surface area contributed by atoms with Crippen LogP contribution in [0.1, 0.15) is 107 Å². The number of amides is 1. The van der Waals surface area contributed by atoms with Crippen molar-refractivity contribution in [1.82, 2.24) is 5.32 Å². The van der Waals surface area contributed by atoms with Gasteiger partial charge in [-0.25, -0.2) is 4.79 Å². The summed E-state index contributed by atoms with van der Waals surface area (Å²) < 4.78 is 24.4. The number of fused-ring (bicyclic) bond motifs is 4. The quantitative estimate of drug-likeness (QED) is 0.363. The van der Waals surface area contributed by atoms with Gasteiger partial charge < -0.3 is 34.5 Å². The third-order valence-corrected chi connectivity index (χ3v) is 15.4. The van der Waals surface area contributed by atoms with E-state index in [1.165, 1.54) is 12.8 Å². The molecule has 44 heavy (non-hydrogen) atoms. The number of hydrogen-bond donors (Lipinski definition) is 3. The number of carbonyl (C=O) groups is 1. The largest absolute Gasteiger partial charge is 0.446 e.